The number of H-pyrrole nitrogens is 1. The van der Waals surface area contributed by atoms with Crippen molar-refractivity contribution in [3.8, 4) is 0 Å². The van der Waals surface area contributed by atoms with Crippen molar-refractivity contribution in [2.24, 2.45) is 0 Å². The third kappa shape index (κ3) is 4.84. The van der Waals surface area contributed by atoms with Crippen molar-refractivity contribution in [1.82, 2.24) is 10.3 Å². The molecule has 2 aromatic rings. The van der Waals surface area contributed by atoms with Gasteiger partial charge in [0.1, 0.15) is 5.76 Å². The first-order valence-electron chi connectivity index (χ1n) is 10.9. The first kappa shape index (κ1) is 21.4. The van der Waals surface area contributed by atoms with E-state index in [1.807, 2.05) is 6.08 Å². The van der Waals surface area contributed by atoms with Gasteiger partial charge >= 0.3 is 0 Å². The third-order valence-corrected chi connectivity index (χ3v) is 6.08. The van der Waals surface area contributed by atoms with Crippen LogP contribution in [0.4, 0.5) is 0 Å². The number of aromatic amines is 1. The maximum absolute atomic E-state index is 5.37. The summed E-state index contributed by atoms with van der Waals surface area (Å²) >= 11 is 0. The van der Waals surface area contributed by atoms with Gasteiger partial charge in [0.05, 0.1) is 12.8 Å². The first-order valence-corrected chi connectivity index (χ1v) is 10.9. The summed E-state index contributed by atoms with van der Waals surface area (Å²) in [6.07, 6.45) is 7.76. The highest BCUT2D eigenvalue weighted by Crippen LogP contribution is 2.37. The van der Waals surface area contributed by atoms with E-state index in [9.17, 15) is 0 Å². The Morgan fingerprint density at radius 2 is 1.97 bits per heavy atom. The molecule has 0 atom stereocenters. The topological polar surface area (TPSA) is 37.0 Å². The Morgan fingerprint density at radius 1 is 1.24 bits per heavy atom. The zero-order chi connectivity index (χ0) is 21.0. The summed E-state index contributed by atoms with van der Waals surface area (Å²) in [5, 5.41) is 4.83. The summed E-state index contributed by atoms with van der Waals surface area (Å²) in [6.45, 7) is 15.2. The van der Waals surface area contributed by atoms with Gasteiger partial charge in [-0.15, -0.1) is 0 Å². The van der Waals surface area contributed by atoms with Gasteiger partial charge in [-0.05, 0) is 80.4 Å². The van der Waals surface area contributed by atoms with E-state index in [0.29, 0.717) is 17.6 Å². The quantitative estimate of drug-likeness (QED) is 0.408. The SMILES string of the molecule is C=C(/C=C(\C=C(/C)CC)c1[nH]c2ccc(C3CCNCC3)cc2c1C(C)C)OC. The Labute approximate surface area is 175 Å². The second-order valence-corrected chi connectivity index (χ2v) is 8.51. The largest absolute Gasteiger partial charge is 0.497 e. The van der Waals surface area contributed by atoms with Crippen LogP contribution < -0.4 is 5.32 Å². The summed E-state index contributed by atoms with van der Waals surface area (Å²) < 4.78 is 5.37. The van der Waals surface area contributed by atoms with E-state index in [-0.39, 0.29) is 0 Å². The Hall–Kier alpha value is -2.26. The maximum Gasteiger partial charge on any atom is 0.112 e. The van der Waals surface area contributed by atoms with Crippen molar-refractivity contribution in [3.05, 3.63) is 65.1 Å². The van der Waals surface area contributed by atoms with E-state index in [2.05, 4.69) is 68.8 Å². The minimum absolute atomic E-state index is 0.413. The molecule has 2 heterocycles. The summed E-state index contributed by atoms with van der Waals surface area (Å²) in [5.74, 6) is 1.74. The predicted octanol–water partition coefficient (Wildman–Crippen LogP) is 6.66. The molecule has 1 fully saturated rings. The maximum atomic E-state index is 5.37. The van der Waals surface area contributed by atoms with E-state index in [4.69, 9.17) is 4.74 Å². The molecule has 0 radical (unpaired) electrons. The van der Waals surface area contributed by atoms with Crippen LogP contribution in [0.25, 0.3) is 16.5 Å². The van der Waals surface area contributed by atoms with Crippen LogP contribution in [0.5, 0.6) is 0 Å². The molecule has 2 N–H and O–H groups in total. The van der Waals surface area contributed by atoms with E-state index in [0.717, 1.165) is 25.1 Å². The van der Waals surface area contributed by atoms with Crippen LogP contribution in [0.1, 0.15) is 75.6 Å². The second-order valence-electron chi connectivity index (χ2n) is 8.51. The average Bonchev–Trinajstić information content (AvgIpc) is 3.12. The number of allylic oxidation sites excluding steroid dienone is 4. The summed E-state index contributed by atoms with van der Waals surface area (Å²) in [4.78, 5) is 3.71. The van der Waals surface area contributed by atoms with E-state index < -0.39 is 0 Å². The van der Waals surface area contributed by atoms with Crippen LogP contribution >= 0.6 is 0 Å². The fourth-order valence-corrected chi connectivity index (χ4v) is 4.25. The van der Waals surface area contributed by atoms with Crippen molar-refractivity contribution in [3.63, 3.8) is 0 Å². The summed E-state index contributed by atoms with van der Waals surface area (Å²) in [5.41, 5.74) is 7.72. The molecule has 0 bridgehead atoms. The van der Waals surface area contributed by atoms with Crippen LogP contribution in [0.15, 0.2) is 48.3 Å². The lowest BCUT2D eigenvalue weighted by Gasteiger charge is -2.23. The number of rotatable bonds is 7. The zero-order valence-electron chi connectivity index (χ0n) is 18.7. The van der Waals surface area contributed by atoms with Gasteiger partial charge in [-0.1, -0.05) is 45.1 Å². The van der Waals surface area contributed by atoms with Gasteiger partial charge in [0.15, 0.2) is 0 Å². The molecule has 3 heteroatoms. The molecule has 0 spiro atoms. The Kier molecular flexibility index (Phi) is 7.02. The van der Waals surface area contributed by atoms with E-state index in [1.165, 1.54) is 46.1 Å². The monoisotopic (exact) mass is 392 g/mol. The predicted molar refractivity (Wildman–Crippen MR) is 125 cm³/mol. The van der Waals surface area contributed by atoms with Gasteiger partial charge < -0.3 is 15.0 Å². The molecular formula is C26H36N2O. The number of ether oxygens (including phenoxy) is 1. The summed E-state index contributed by atoms with van der Waals surface area (Å²) in [7, 11) is 1.67. The standard InChI is InChI=1S/C26H36N2O/c1-7-18(4)14-22(15-19(5)29-6)26-25(17(2)3)23-16-21(8-9-24(23)28-26)20-10-12-27-13-11-20/h8-9,14-17,20,27-28H,5,7,10-13H2,1-4,6H3/b18-14+,22-15+. The number of benzene rings is 1. The van der Waals surface area contributed by atoms with Gasteiger partial charge in [0.2, 0.25) is 0 Å². The minimum Gasteiger partial charge on any atom is -0.497 e. The summed E-state index contributed by atoms with van der Waals surface area (Å²) in [6, 6.07) is 7.01. The lowest BCUT2D eigenvalue weighted by Crippen LogP contribution is -2.26. The van der Waals surface area contributed by atoms with Crippen molar-refractivity contribution in [2.75, 3.05) is 20.2 Å². The molecular weight excluding hydrogens is 356 g/mol. The van der Waals surface area contributed by atoms with Gasteiger partial charge in [-0.3, -0.25) is 0 Å². The van der Waals surface area contributed by atoms with Crippen LogP contribution in [0.3, 0.4) is 0 Å². The first-order chi connectivity index (χ1) is 13.9. The highest BCUT2D eigenvalue weighted by Gasteiger charge is 2.20. The van der Waals surface area contributed by atoms with Gasteiger partial charge in [0, 0.05) is 16.5 Å². The van der Waals surface area contributed by atoms with Gasteiger partial charge in [-0.2, -0.15) is 0 Å². The third-order valence-electron chi connectivity index (χ3n) is 6.08. The number of fused-ring (bicyclic) bond motifs is 1. The fourth-order valence-electron chi connectivity index (χ4n) is 4.25. The van der Waals surface area contributed by atoms with Crippen molar-refractivity contribution < 1.29 is 4.74 Å². The van der Waals surface area contributed by atoms with Crippen molar-refractivity contribution in [1.29, 1.82) is 0 Å². The Morgan fingerprint density at radius 3 is 2.59 bits per heavy atom. The molecule has 3 nitrogen and oxygen atoms in total. The van der Waals surface area contributed by atoms with Crippen molar-refractivity contribution in [2.45, 2.75) is 58.8 Å². The number of methoxy groups -OCH3 is 1. The van der Waals surface area contributed by atoms with Crippen molar-refractivity contribution >= 4 is 16.5 Å². The highest BCUT2D eigenvalue weighted by atomic mass is 16.5. The van der Waals surface area contributed by atoms with Crippen LogP contribution in [0.2, 0.25) is 0 Å². The molecule has 0 saturated carbocycles. The molecule has 1 aromatic carbocycles. The number of hydrogen-bond acceptors (Lipinski definition) is 2. The fraction of sp³-hybridized carbons (Fsp3) is 0.462. The van der Waals surface area contributed by atoms with Gasteiger partial charge in [0.25, 0.3) is 0 Å². The normalized spacial score (nSPS) is 16.6. The number of hydrogen-bond donors (Lipinski definition) is 2. The number of aromatic nitrogens is 1. The number of piperidine rings is 1. The molecule has 3 rings (SSSR count). The lowest BCUT2D eigenvalue weighted by atomic mass is 9.88. The minimum atomic E-state index is 0.413. The van der Waals surface area contributed by atoms with E-state index in [1.54, 1.807) is 7.11 Å². The molecule has 1 aliphatic rings. The second kappa shape index (κ2) is 9.49. The Bertz CT molecular complexity index is 924. The molecule has 0 unspecified atom stereocenters. The van der Waals surface area contributed by atoms with Crippen LogP contribution in [-0.2, 0) is 4.74 Å². The molecule has 1 aromatic heterocycles. The number of nitrogens with one attached hydrogen (secondary N) is 2. The smallest absolute Gasteiger partial charge is 0.112 e. The molecule has 156 valence electrons. The van der Waals surface area contributed by atoms with E-state index >= 15 is 0 Å². The van der Waals surface area contributed by atoms with Gasteiger partial charge in [-0.25, -0.2) is 0 Å². The molecule has 0 amide bonds. The lowest BCUT2D eigenvalue weighted by molar-refractivity contribution is 0.309. The molecule has 1 saturated heterocycles. The average molecular weight is 393 g/mol. The highest BCUT2D eigenvalue weighted by molar-refractivity contribution is 5.92. The Balaban J connectivity index is 2.16. The van der Waals surface area contributed by atoms with Crippen LogP contribution in [-0.4, -0.2) is 25.2 Å². The molecule has 1 aliphatic heterocycles. The molecule has 0 aliphatic carbocycles. The zero-order valence-corrected chi connectivity index (χ0v) is 18.7. The van der Waals surface area contributed by atoms with Crippen LogP contribution in [0, 0.1) is 0 Å². The molecule has 29 heavy (non-hydrogen) atoms.